The van der Waals surface area contributed by atoms with Crippen LogP contribution in [0.3, 0.4) is 0 Å². The van der Waals surface area contributed by atoms with E-state index < -0.39 is 0 Å². The number of rotatable bonds is 6. The molecule has 0 spiro atoms. The van der Waals surface area contributed by atoms with Gasteiger partial charge in [-0.25, -0.2) is 0 Å². The average Bonchev–Trinajstić information content (AvgIpc) is 2.28. The quantitative estimate of drug-likeness (QED) is 0.711. The molecule has 17 heavy (non-hydrogen) atoms. The van der Waals surface area contributed by atoms with E-state index >= 15 is 0 Å². The van der Waals surface area contributed by atoms with Crippen molar-refractivity contribution in [2.45, 2.75) is 25.9 Å². The Morgan fingerprint density at radius 3 is 2.24 bits per heavy atom. The highest BCUT2D eigenvalue weighted by Gasteiger charge is 2.21. The molecule has 100 valence electrons. The SMILES string of the molecule is COC(C)(C)CCN1CCN(CC(N)=S)CC1. The lowest BCUT2D eigenvalue weighted by Crippen LogP contribution is -2.49. The van der Waals surface area contributed by atoms with Gasteiger partial charge in [-0.3, -0.25) is 4.90 Å². The van der Waals surface area contributed by atoms with Gasteiger partial charge in [-0.05, 0) is 20.3 Å². The first kappa shape index (κ1) is 14.8. The van der Waals surface area contributed by atoms with Crippen molar-refractivity contribution in [2.75, 3.05) is 46.4 Å². The molecule has 0 unspecified atom stereocenters. The molecule has 0 bridgehead atoms. The molecule has 0 amide bonds. The van der Waals surface area contributed by atoms with Gasteiger partial charge in [0.2, 0.25) is 0 Å². The normalized spacial score (nSPS) is 19.5. The molecule has 0 aromatic carbocycles. The Hall–Kier alpha value is -0.230. The van der Waals surface area contributed by atoms with Crippen LogP contribution in [0.1, 0.15) is 20.3 Å². The number of piperazine rings is 1. The van der Waals surface area contributed by atoms with E-state index in [1.807, 2.05) is 0 Å². The van der Waals surface area contributed by atoms with Gasteiger partial charge < -0.3 is 15.4 Å². The van der Waals surface area contributed by atoms with Crippen LogP contribution in [0.25, 0.3) is 0 Å². The molecule has 1 aliphatic rings. The average molecular weight is 259 g/mol. The van der Waals surface area contributed by atoms with Crippen LogP contribution < -0.4 is 5.73 Å². The maximum absolute atomic E-state index is 5.55. The topological polar surface area (TPSA) is 41.7 Å². The minimum Gasteiger partial charge on any atom is -0.392 e. The summed E-state index contributed by atoms with van der Waals surface area (Å²) in [6.45, 7) is 10.4. The number of nitrogens with two attached hydrogens (primary N) is 1. The van der Waals surface area contributed by atoms with Gasteiger partial charge in [0.05, 0.1) is 10.6 Å². The van der Waals surface area contributed by atoms with Crippen LogP contribution in [-0.2, 0) is 4.74 Å². The third-order valence-corrected chi connectivity index (χ3v) is 3.56. The third kappa shape index (κ3) is 5.77. The number of hydrogen-bond acceptors (Lipinski definition) is 4. The molecule has 0 aromatic rings. The van der Waals surface area contributed by atoms with E-state index in [-0.39, 0.29) is 5.60 Å². The Morgan fingerprint density at radius 1 is 1.24 bits per heavy atom. The summed E-state index contributed by atoms with van der Waals surface area (Å²) >= 11 is 4.93. The summed E-state index contributed by atoms with van der Waals surface area (Å²) < 4.78 is 5.43. The number of thiocarbonyl (C=S) groups is 1. The van der Waals surface area contributed by atoms with Crippen LogP contribution in [0.2, 0.25) is 0 Å². The zero-order chi connectivity index (χ0) is 12.9. The number of nitrogens with zero attached hydrogens (tertiary/aromatic N) is 2. The molecule has 1 heterocycles. The fourth-order valence-corrected chi connectivity index (χ4v) is 2.10. The predicted molar refractivity (Wildman–Crippen MR) is 75.4 cm³/mol. The second kappa shape index (κ2) is 6.64. The lowest BCUT2D eigenvalue weighted by Gasteiger charge is -2.36. The van der Waals surface area contributed by atoms with E-state index in [4.69, 9.17) is 22.7 Å². The van der Waals surface area contributed by atoms with Crippen molar-refractivity contribution >= 4 is 17.2 Å². The molecule has 2 N–H and O–H groups in total. The molecule has 0 saturated carbocycles. The molecule has 1 fully saturated rings. The molecule has 5 heteroatoms. The van der Waals surface area contributed by atoms with E-state index in [0.717, 1.165) is 45.7 Å². The van der Waals surface area contributed by atoms with Gasteiger partial charge in [0.1, 0.15) is 0 Å². The van der Waals surface area contributed by atoms with Gasteiger partial charge in [-0.15, -0.1) is 0 Å². The summed E-state index contributed by atoms with van der Waals surface area (Å²) in [7, 11) is 1.78. The third-order valence-electron chi connectivity index (χ3n) is 3.43. The van der Waals surface area contributed by atoms with E-state index in [9.17, 15) is 0 Å². The summed E-state index contributed by atoms with van der Waals surface area (Å²) in [6, 6.07) is 0. The molecule has 0 aliphatic carbocycles. The highest BCUT2D eigenvalue weighted by molar-refractivity contribution is 7.80. The zero-order valence-electron chi connectivity index (χ0n) is 11.2. The highest BCUT2D eigenvalue weighted by atomic mass is 32.1. The van der Waals surface area contributed by atoms with Crippen LogP contribution in [0.4, 0.5) is 0 Å². The zero-order valence-corrected chi connectivity index (χ0v) is 12.1. The van der Waals surface area contributed by atoms with Crippen LogP contribution >= 0.6 is 12.2 Å². The fraction of sp³-hybridized carbons (Fsp3) is 0.917. The first-order valence-corrected chi connectivity index (χ1v) is 6.62. The molecule has 0 radical (unpaired) electrons. The Balaban J connectivity index is 2.21. The van der Waals surface area contributed by atoms with Crippen LogP contribution in [0.5, 0.6) is 0 Å². The van der Waals surface area contributed by atoms with Crippen molar-refractivity contribution in [3.8, 4) is 0 Å². The van der Waals surface area contributed by atoms with E-state index in [0.29, 0.717) is 4.99 Å². The van der Waals surface area contributed by atoms with Crippen LogP contribution in [0.15, 0.2) is 0 Å². The molecule has 4 nitrogen and oxygen atoms in total. The standard InChI is InChI=1S/C12H25N3OS/c1-12(2,16-3)4-5-14-6-8-15(9-7-14)10-11(13)17/h4-10H2,1-3H3,(H2,13,17). The van der Waals surface area contributed by atoms with Crippen LogP contribution in [0, 0.1) is 0 Å². The number of ether oxygens (including phenoxy) is 1. The van der Waals surface area contributed by atoms with Gasteiger partial charge in [0.15, 0.2) is 0 Å². The Morgan fingerprint density at radius 2 is 1.76 bits per heavy atom. The molecule has 1 saturated heterocycles. The summed E-state index contributed by atoms with van der Waals surface area (Å²) in [6.07, 6.45) is 1.07. The Kier molecular flexibility index (Phi) is 5.79. The molecule has 1 rings (SSSR count). The predicted octanol–water partition coefficient (Wildman–Crippen LogP) is 0.705. The van der Waals surface area contributed by atoms with E-state index in [2.05, 4.69) is 23.6 Å². The van der Waals surface area contributed by atoms with Gasteiger partial charge in [-0.2, -0.15) is 0 Å². The van der Waals surface area contributed by atoms with Crippen molar-refractivity contribution in [2.24, 2.45) is 5.73 Å². The number of hydrogen-bond donors (Lipinski definition) is 1. The summed E-state index contributed by atoms with van der Waals surface area (Å²) in [4.78, 5) is 5.40. The van der Waals surface area contributed by atoms with Gasteiger partial charge >= 0.3 is 0 Å². The molecule has 0 atom stereocenters. The first-order chi connectivity index (χ1) is 7.93. The van der Waals surface area contributed by atoms with E-state index in [1.165, 1.54) is 0 Å². The van der Waals surface area contributed by atoms with E-state index in [1.54, 1.807) is 7.11 Å². The maximum Gasteiger partial charge on any atom is 0.0870 e. The van der Waals surface area contributed by atoms with Gasteiger partial charge in [0.25, 0.3) is 0 Å². The van der Waals surface area contributed by atoms with Gasteiger partial charge in [0, 0.05) is 46.4 Å². The first-order valence-electron chi connectivity index (χ1n) is 6.21. The monoisotopic (exact) mass is 259 g/mol. The highest BCUT2D eigenvalue weighted by Crippen LogP contribution is 2.14. The van der Waals surface area contributed by atoms with Crippen molar-refractivity contribution < 1.29 is 4.74 Å². The Bertz CT molecular complexity index is 250. The van der Waals surface area contributed by atoms with Crippen molar-refractivity contribution in [3.05, 3.63) is 0 Å². The van der Waals surface area contributed by atoms with Crippen molar-refractivity contribution in [1.29, 1.82) is 0 Å². The Labute approximate surface area is 110 Å². The lowest BCUT2D eigenvalue weighted by molar-refractivity contribution is 0.00383. The summed E-state index contributed by atoms with van der Waals surface area (Å²) in [5.74, 6) is 0. The fourth-order valence-electron chi connectivity index (χ4n) is 1.92. The molecule has 0 aromatic heterocycles. The smallest absolute Gasteiger partial charge is 0.0870 e. The van der Waals surface area contributed by atoms with Crippen molar-refractivity contribution in [1.82, 2.24) is 9.80 Å². The second-order valence-electron chi connectivity index (χ2n) is 5.30. The largest absolute Gasteiger partial charge is 0.392 e. The lowest BCUT2D eigenvalue weighted by atomic mass is 10.0. The summed E-state index contributed by atoms with van der Waals surface area (Å²) in [5.41, 5.74) is 5.53. The molecule has 1 aliphatic heterocycles. The maximum atomic E-state index is 5.55. The number of methoxy groups -OCH3 is 1. The van der Waals surface area contributed by atoms with Crippen LogP contribution in [-0.4, -0.2) is 66.8 Å². The minimum atomic E-state index is -0.0179. The summed E-state index contributed by atoms with van der Waals surface area (Å²) in [5, 5.41) is 0. The minimum absolute atomic E-state index is 0.0179. The molecular formula is C12H25N3OS. The molecular weight excluding hydrogens is 234 g/mol. The second-order valence-corrected chi connectivity index (χ2v) is 5.82. The van der Waals surface area contributed by atoms with Crippen molar-refractivity contribution in [3.63, 3.8) is 0 Å². The van der Waals surface area contributed by atoms with Gasteiger partial charge in [-0.1, -0.05) is 12.2 Å².